The van der Waals surface area contributed by atoms with Crippen LogP contribution in [0.25, 0.3) is 0 Å². The predicted molar refractivity (Wildman–Crippen MR) is 138 cm³/mol. The number of rotatable bonds is 6. The van der Waals surface area contributed by atoms with Gasteiger partial charge in [0.2, 0.25) is 11.8 Å². The lowest BCUT2D eigenvalue weighted by atomic mass is 9.65. The van der Waals surface area contributed by atoms with Crippen molar-refractivity contribution >= 4 is 11.8 Å². The molecule has 5 rings (SSSR count). The molecule has 2 saturated carbocycles. The highest BCUT2D eigenvalue weighted by Gasteiger charge is 2.57. The van der Waals surface area contributed by atoms with Crippen LogP contribution < -0.4 is 0 Å². The molecule has 0 bridgehead atoms. The molecule has 4 aliphatic rings. The molecule has 1 aromatic rings. The van der Waals surface area contributed by atoms with Crippen molar-refractivity contribution in [3.05, 3.63) is 35.9 Å². The maximum Gasteiger partial charge on any atom is 0.225 e. The van der Waals surface area contributed by atoms with Gasteiger partial charge in [0, 0.05) is 43.3 Å². The summed E-state index contributed by atoms with van der Waals surface area (Å²) in [5.74, 6) is 1.40. The van der Waals surface area contributed by atoms with E-state index in [0.29, 0.717) is 44.9 Å². The fraction of sp³-hybridized carbons (Fsp3) is 0.733. The molecule has 2 heterocycles. The third-order valence-electron chi connectivity index (χ3n) is 9.92. The average molecular weight is 481 g/mol. The molecule has 0 aromatic heterocycles. The summed E-state index contributed by atoms with van der Waals surface area (Å²) in [6.45, 7) is 4.47. The van der Waals surface area contributed by atoms with E-state index in [4.69, 9.17) is 0 Å². The summed E-state index contributed by atoms with van der Waals surface area (Å²) >= 11 is 0. The first kappa shape index (κ1) is 24.8. The second-order valence-corrected chi connectivity index (χ2v) is 12.3. The highest BCUT2D eigenvalue weighted by molar-refractivity contribution is 5.80. The minimum atomic E-state index is -0.909. The summed E-state index contributed by atoms with van der Waals surface area (Å²) in [6.07, 6.45) is 12.7. The van der Waals surface area contributed by atoms with Gasteiger partial charge in [0.1, 0.15) is 0 Å². The summed E-state index contributed by atoms with van der Waals surface area (Å²) in [7, 11) is 0. The summed E-state index contributed by atoms with van der Waals surface area (Å²) in [5.41, 5.74) is 0.0170. The van der Waals surface area contributed by atoms with E-state index in [1.54, 1.807) is 0 Å². The van der Waals surface area contributed by atoms with Crippen molar-refractivity contribution < 1.29 is 14.7 Å². The van der Waals surface area contributed by atoms with E-state index in [-0.39, 0.29) is 29.1 Å². The molecule has 192 valence electrons. The number of benzene rings is 1. The molecule has 5 nitrogen and oxygen atoms in total. The van der Waals surface area contributed by atoms with E-state index in [0.717, 1.165) is 32.1 Å². The zero-order valence-corrected chi connectivity index (χ0v) is 21.6. The number of likely N-dealkylation sites (tertiary alicyclic amines) is 2. The van der Waals surface area contributed by atoms with Crippen molar-refractivity contribution in [3.8, 4) is 0 Å². The lowest BCUT2D eigenvalue weighted by Gasteiger charge is -2.53. The van der Waals surface area contributed by atoms with Crippen LogP contribution in [0.4, 0.5) is 0 Å². The molecule has 1 spiro atoms. The Morgan fingerprint density at radius 2 is 1.77 bits per heavy atom. The van der Waals surface area contributed by atoms with Gasteiger partial charge < -0.3 is 14.9 Å². The van der Waals surface area contributed by atoms with E-state index < -0.39 is 5.60 Å². The van der Waals surface area contributed by atoms with Crippen LogP contribution in [0.3, 0.4) is 0 Å². The quantitative estimate of drug-likeness (QED) is 0.614. The lowest BCUT2D eigenvalue weighted by Crippen LogP contribution is -2.64. The van der Waals surface area contributed by atoms with Crippen LogP contribution >= 0.6 is 0 Å². The third kappa shape index (κ3) is 5.03. The highest BCUT2D eigenvalue weighted by Crippen LogP contribution is 2.52. The van der Waals surface area contributed by atoms with Gasteiger partial charge >= 0.3 is 0 Å². The monoisotopic (exact) mass is 480 g/mol. The number of piperidine rings is 1. The molecule has 35 heavy (non-hydrogen) atoms. The molecule has 2 saturated heterocycles. The summed E-state index contributed by atoms with van der Waals surface area (Å²) in [5, 5.41) is 12.1. The molecule has 0 radical (unpaired) electrons. The maximum atomic E-state index is 13.5. The van der Waals surface area contributed by atoms with Crippen molar-refractivity contribution in [2.75, 3.05) is 26.2 Å². The van der Waals surface area contributed by atoms with Gasteiger partial charge in [0.05, 0.1) is 12.1 Å². The Kier molecular flexibility index (Phi) is 7.25. The van der Waals surface area contributed by atoms with E-state index in [9.17, 15) is 14.7 Å². The topological polar surface area (TPSA) is 60.9 Å². The molecular weight excluding hydrogens is 436 g/mol. The molecule has 2 amide bonds. The van der Waals surface area contributed by atoms with Crippen LogP contribution in [0.15, 0.2) is 30.3 Å². The Hall–Kier alpha value is -1.88. The number of hydrogen-bond acceptors (Lipinski definition) is 3. The second kappa shape index (κ2) is 10.2. The number of hydrogen-bond donors (Lipinski definition) is 1. The summed E-state index contributed by atoms with van der Waals surface area (Å²) in [4.78, 5) is 30.5. The van der Waals surface area contributed by atoms with Gasteiger partial charge in [0.25, 0.3) is 0 Å². The Morgan fingerprint density at radius 1 is 1.06 bits per heavy atom. The molecule has 1 aromatic carbocycles. The van der Waals surface area contributed by atoms with E-state index in [1.165, 1.54) is 37.7 Å². The molecule has 1 N–H and O–H groups in total. The van der Waals surface area contributed by atoms with Crippen LogP contribution in [-0.4, -0.2) is 58.5 Å². The smallest absolute Gasteiger partial charge is 0.225 e. The first-order valence-electron chi connectivity index (χ1n) is 14.2. The van der Waals surface area contributed by atoms with Crippen molar-refractivity contribution in [1.82, 2.24) is 9.80 Å². The second-order valence-electron chi connectivity index (χ2n) is 12.3. The summed E-state index contributed by atoms with van der Waals surface area (Å²) in [6, 6.07) is 10.3. The largest absolute Gasteiger partial charge is 0.387 e. The molecule has 4 fully saturated rings. The Labute approximate surface area is 211 Å². The normalized spacial score (nSPS) is 30.2. The Bertz CT molecular complexity index is 890. The number of amides is 2. The van der Waals surface area contributed by atoms with Crippen molar-refractivity contribution in [1.29, 1.82) is 0 Å². The van der Waals surface area contributed by atoms with Gasteiger partial charge in [-0.2, -0.15) is 0 Å². The Balaban J connectivity index is 1.25. The van der Waals surface area contributed by atoms with Crippen LogP contribution in [-0.2, 0) is 9.59 Å². The van der Waals surface area contributed by atoms with Crippen LogP contribution in [0, 0.1) is 17.3 Å². The first-order valence-corrected chi connectivity index (χ1v) is 14.2. The van der Waals surface area contributed by atoms with Gasteiger partial charge in [0.15, 0.2) is 0 Å². The first-order chi connectivity index (χ1) is 16.9. The van der Waals surface area contributed by atoms with E-state index in [2.05, 4.69) is 24.0 Å². The van der Waals surface area contributed by atoms with Gasteiger partial charge in [-0.3, -0.25) is 9.59 Å². The number of aliphatic hydroxyl groups is 1. The van der Waals surface area contributed by atoms with Crippen molar-refractivity contribution in [2.45, 2.75) is 95.5 Å². The maximum absolute atomic E-state index is 13.5. The predicted octanol–water partition coefficient (Wildman–Crippen LogP) is 5.13. The van der Waals surface area contributed by atoms with Gasteiger partial charge in [-0.05, 0) is 37.2 Å². The number of nitrogens with zero attached hydrogens (tertiary/aromatic N) is 2. The fourth-order valence-electron chi connectivity index (χ4n) is 7.81. The van der Waals surface area contributed by atoms with Crippen molar-refractivity contribution in [2.24, 2.45) is 17.3 Å². The zero-order valence-electron chi connectivity index (χ0n) is 21.6. The molecule has 5 heteroatoms. The molecule has 3 atom stereocenters. The van der Waals surface area contributed by atoms with Crippen LogP contribution in [0.2, 0.25) is 0 Å². The van der Waals surface area contributed by atoms with Gasteiger partial charge in [-0.25, -0.2) is 0 Å². The van der Waals surface area contributed by atoms with Crippen LogP contribution in [0.5, 0.6) is 0 Å². The van der Waals surface area contributed by atoms with E-state index in [1.807, 2.05) is 23.1 Å². The molecule has 1 unspecified atom stereocenters. The van der Waals surface area contributed by atoms with Gasteiger partial charge in [-0.15, -0.1) is 0 Å². The minimum Gasteiger partial charge on any atom is -0.387 e. The number of carbonyl (C=O) groups excluding carboxylic acids is 2. The SMILES string of the molecule is C[C@H](CC1CCCCC1)C(=O)N1CCC(O)(CN2C[C@H](c3ccccc3)CC2=O)C2(CCCC2)C1. The zero-order chi connectivity index (χ0) is 24.5. The van der Waals surface area contributed by atoms with E-state index >= 15 is 0 Å². The van der Waals surface area contributed by atoms with Crippen LogP contribution in [0.1, 0.15) is 95.5 Å². The summed E-state index contributed by atoms with van der Waals surface area (Å²) < 4.78 is 0. The van der Waals surface area contributed by atoms with Gasteiger partial charge in [-0.1, -0.05) is 82.2 Å². The standard InChI is InChI=1S/C30H44N2O3/c1-23(18-24-10-4-2-5-11-24)28(34)31-17-16-30(35,29(21-31)14-8-9-15-29)22-32-20-26(19-27(32)33)25-12-6-3-7-13-25/h3,6-7,12-13,23-24,26,35H,2,4-5,8-11,14-22H2,1H3/t23-,26-,30?/m1/s1. The Morgan fingerprint density at radius 3 is 2.49 bits per heavy atom. The molecule has 2 aliphatic carbocycles. The van der Waals surface area contributed by atoms with Crippen molar-refractivity contribution in [3.63, 3.8) is 0 Å². The third-order valence-corrected chi connectivity index (χ3v) is 9.92. The molecular formula is C30H44N2O3. The minimum absolute atomic E-state index is 0.0644. The number of carbonyl (C=O) groups is 2. The molecule has 2 aliphatic heterocycles. The highest BCUT2D eigenvalue weighted by atomic mass is 16.3. The average Bonchev–Trinajstić information content (AvgIpc) is 3.49. The number of β-amino-alcohol motifs (C(OH)–C–C–N with tert-alkyl or cyclic N) is 1. The lowest BCUT2D eigenvalue weighted by molar-refractivity contribution is -0.167. The fourth-order valence-corrected chi connectivity index (χ4v) is 7.81.